The van der Waals surface area contributed by atoms with Gasteiger partial charge in [-0.1, -0.05) is 26.7 Å². The number of hydrogen-bond donors (Lipinski definition) is 2. The van der Waals surface area contributed by atoms with Crippen molar-refractivity contribution < 1.29 is 4.79 Å². The largest absolute Gasteiger partial charge is 0.354 e. The van der Waals surface area contributed by atoms with Gasteiger partial charge in [-0.3, -0.25) is 4.79 Å². The highest BCUT2D eigenvalue weighted by Gasteiger charge is 2.18. The Balaban J connectivity index is 1.88. The van der Waals surface area contributed by atoms with E-state index in [-0.39, 0.29) is 5.91 Å². The molecule has 0 bridgehead atoms. The highest BCUT2D eigenvalue weighted by Crippen LogP contribution is 2.18. The molecule has 19 heavy (non-hydrogen) atoms. The summed E-state index contributed by atoms with van der Waals surface area (Å²) in [5.41, 5.74) is 0.530. The summed E-state index contributed by atoms with van der Waals surface area (Å²) in [6.07, 6.45) is 7.75. The molecule has 0 atom stereocenters. The summed E-state index contributed by atoms with van der Waals surface area (Å²) in [6, 6.07) is 0.325. The van der Waals surface area contributed by atoms with Crippen LogP contribution >= 0.6 is 0 Å². The van der Waals surface area contributed by atoms with Crippen LogP contribution in [0.4, 0.5) is 5.95 Å². The fraction of sp³-hybridized carbons (Fsp3) is 0.643. The first-order chi connectivity index (χ1) is 9.15. The average Bonchev–Trinajstić information content (AvgIpc) is 2.89. The van der Waals surface area contributed by atoms with Crippen LogP contribution in [0, 0.1) is 5.92 Å². The molecule has 0 aliphatic heterocycles. The lowest BCUT2D eigenvalue weighted by Gasteiger charge is -2.12. The Kier molecular flexibility index (Phi) is 4.71. The van der Waals surface area contributed by atoms with E-state index in [1.165, 1.54) is 12.8 Å². The van der Waals surface area contributed by atoms with Crippen LogP contribution in [-0.4, -0.2) is 28.5 Å². The Labute approximate surface area is 114 Å². The lowest BCUT2D eigenvalue weighted by atomic mass is 10.2. The Morgan fingerprint density at radius 1 is 1.32 bits per heavy atom. The van der Waals surface area contributed by atoms with E-state index in [4.69, 9.17) is 0 Å². The molecule has 2 rings (SSSR count). The van der Waals surface area contributed by atoms with Crippen molar-refractivity contribution in [3.63, 3.8) is 0 Å². The fourth-order valence-electron chi connectivity index (χ4n) is 2.17. The highest BCUT2D eigenvalue weighted by molar-refractivity contribution is 5.93. The number of amides is 1. The van der Waals surface area contributed by atoms with Gasteiger partial charge in [0.1, 0.15) is 0 Å². The van der Waals surface area contributed by atoms with Crippen LogP contribution in [0.3, 0.4) is 0 Å². The molecular formula is C14H22N4O. The first kappa shape index (κ1) is 13.8. The van der Waals surface area contributed by atoms with E-state index < -0.39 is 0 Å². The zero-order chi connectivity index (χ0) is 13.7. The molecule has 0 aromatic carbocycles. The van der Waals surface area contributed by atoms with Gasteiger partial charge in [-0.25, -0.2) is 9.97 Å². The minimum absolute atomic E-state index is 0.0673. The first-order valence-electron chi connectivity index (χ1n) is 7.02. The van der Waals surface area contributed by atoms with Gasteiger partial charge in [0.15, 0.2) is 0 Å². The van der Waals surface area contributed by atoms with Crippen LogP contribution in [-0.2, 0) is 0 Å². The monoisotopic (exact) mass is 262 g/mol. The molecule has 0 saturated heterocycles. The van der Waals surface area contributed by atoms with Gasteiger partial charge >= 0.3 is 0 Å². The van der Waals surface area contributed by atoms with Crippen molar-refractivity contribution >= 4 is 11.9 Å². The zero-order valence-corrected chi connectivity index (χ0v) is 11.6. The zero-order valence-electron chi connectivity index (χ0n) is 11.6. The molecule has 1 saturated carbocycles. The number of nitrogens with one attached hydrogen (secondary N) is 2. The van der Waals surface area contributed by atoms with Gasteiger partial charge in [0.05, 0.1) is 5.56 Å². The van der Waals surface area contributed by atoms with Crippen molar-refractivity contribution in [3.8, 4) is 0 Å². The Hall–Kier alpha value is -1.65. The lowest BCUT2D eigenvalue weighted by molar-refractivity contribution is 0.0937. The van der Waals surface area contributed by atoms with Crippen molar-refractivity contribution in [2.75, 3.05) is 11.9 Å². The van der Waals surface area contributed by atoms with Crippen LogP contribution in [0.5, 0.6) is 0 Å². The summed E-state index contributed by atoms with van der Waals surface area (Å²) in [6.45, 7) is 5.07. The molecule has 1 aliphatic rings. The number of hydrogen-bond acceptors (Lipinski definition) is 4. The van der Waals surface area contributed by atoms with E-state index in [0.717, 1.165) is 19.4 Å². The Morgan fingerprint density at radius 2 is 1.95 bits per heavy atom. The minimum Gasteiger partial charge on any atom is -0.354 e. The van der Waals surface area contributed by atoms with Crippen LogP contribution in [0.1, 0.15) is 49.9 Å². The molecule has 1 aromatic rings. The third-order valence-electron chi connectivity index (χ3n) is 3.27. The van der Waals surface area contributed by atoms with Gasteiger partial charge in [-0.2, -0.15) is 0 Å². The molecule has 1 aromatic heterocycles. The first-order valence-corrected chi connectivity index (χ1v) is 7.02. The number of nitrogens with zero attached hydrogens (tertiary/aromatic N) is 2. The summed E-state index contributed by atoms with van der Waals surface area (Å²) in [7, 11) is 0. The topological polar surface area (TPSA) is 66.9 Å². The fourth-order valence-corrected chi connectivity index (χ4v) is 2.17. The summed E-state index contributed by atoms with van der Waals surface area (Å²) in [4.78, 5) is 20.3. The van der Waals surface area contributed by atoms with Crippen molar-refractivity contribution in [3.05, 3.63) is 18.0 Å². The van der Waals surface area contributed by atoms with E-state index in [0.29, 0.717) is 23.5 Å². The van der Waals surface area contributed by atoms with E-state index >= 15 is 0 Å². The van der Waals surface area contributed by atoms with Crippen LogP contribution < -0.4 is 10.6 Å². The van der Waals surface area contributed by atoms with Crippen molar-refractivity contribution in [1.82, 2.24) is 15.3 Å². The van der Waals surface area contributed by atoms with E-state index in [2.05, 4.69) is 34.4 Å². The Morgan fingerprint density at radius 3 is 2.53 bits per heavy atom. The number of anilines is 1. The van der Waals surface area contributed by atoms with Crippen LogP contribution in [0.2, 0.25) is 0 Å². The molecule has 104 valence electrons. The molecule has 1 aliphatic carbocycles. The SMILES string of the molecule is CC(C)CNc1ncc(C(=O)NC2CCCC2)cn1. The van der Waals surface area contributed by atoms with Crippen LogP contribution in [0.25, 0.3) is 0 Å². The summed E-state index contributed by atoms with van der Waals surface area (Å²) < 4.78 is 0. The molecule has 0 spiro atoms. The maximum Gasteiger partial charge on any atom is 0.254 e. The van der Waals surface area contributed by atoms with E-state index in [1.54, 1.807) is 12.4 Å². The molecule has 5 nitrogen and oxygen atoms in total. The third-order valence-corrected chi connectivity index (χ3v) is 3.27. The Bertz CT molecular complexity index is 410. The molecule has 0 unspecified atom stereocenters. The predicted octanol–water partition coefficient (Wildman–Crippen LogP) is 2.22. The smallest absolute Gasteiger partial charge is 0.254 e. The molecule has 1 fully saturated rings. The maximum absolute atomic E-state index is 12.0. The van der Waals surface area contributed by atoms with Gasteiger partial charge in [0.2, 0.25) is 5.95 Å². The number of aromatic nitrogens is 2. The van der Waals surface area contributed by atoms with Gasteiger partial charge in [0.25, 0.3) is 5.91 Å². The predicted molar refractivity (Wildman–Crippen MR) is 75.1 cm³/mol. The summed E-state index contributed by atoms with van der Waals surface area (Å²) in [5.74, 6) is 1.04. The maximum atomic E-state index is 12.0. The van der Waals surface area contributed by atoms with E-state index in [9.17, 15) is 4.79 Å². The quantitative estimate of drug-likeness (QED) is 0.854. The minimum atomic E-state index is -0.0673. The van der Waals surface area contributed by atoms with Crippen molar-refractivity contribution in [2.45, 2.75) is 45.6 Å². The summed E-state index contributed by atoms with van der Waals surface area (Å²) in [5, 5.41) is 6.15. The third kappa shape index (κ3) is 4.19. The molecule has 1 amide bonds. The van der Waals surface area contributed by atoms with Crippen LogP contribution in [0.15, 0.2) is 12.4 Å². The standard InChI is InChI=1S/C14H22N4O/c1-10(2)7-15-14-16-8-11(9-17-14)13(19)18-12-5-3-4-6-12/h8-10,12H,3-7H2,1-2H3,(H,18,19)(H,15,16,17). The van der Waals surface area contributed by atoms with Gasteiger partial charge in [-0.05, 0) is 18.8 Å². The van der Waals surface area contributed by atoms with Gasteiger partial charge in [0, 0.05) is 25.0 Å². The van der Waals surface area contributed by atoms with Gasteiger partial charge < -0.3 is 10.6 Å². The molecule has 1 heterocycles. The summed E-state index contributed by atoms with van der Waals surface area (Å²) >= 11 is 0. The number of carbonyl (C=O) groups excluding carboxylic acids is 1. The molecular weight excluding hydrogens is 240 g/mol. The van der Waals surface area contributed by atoms with Crippen molar-refractivity contribution in [1.29, 1.82) is 0 Å². The molecule has 2 N–H and O–H groups in total. The van der Waals surface area contributed by atoms with Crippen molar-refractivity contribution in [2.24, 2.45) is 5.92 Å². The second kappa shape index (κ2) is 6.50. The van der Waals surface area contributed by atoms with E-state index in [1.807, 2.05) is 0 Å². The lowest BCUT2D eigenvalue weighted by Crippen LogP contribution is -2.32. The molecule has 5 heteroatoms. The second-order valence-electron chi connectivity index (χ2n) is 5.52. The second-order valence-corrected chi connectivity index (χ2v) is 5.52. The normalized spacial score (nSPS) is 15.7. The average molecular weight is 262 g/mol. The number of carbonyl (C=O) groups is 1. The number of rotatable bonds is 5. The highest BCUT2D eigenvalue weighted by atomic mass is 16.1. The van der Waals surface area contributed by atoms with Gasteiger partial charge in [-0.15, -0.1) is 0 Å². The molecule has 0 radical (unpaired) electrons.